The Morgan fingerprint density at radius 3 is 2.14 bits per heavy atom. The highest BCUT2D eigenvalue weighted by Crippen LogP contribution is 2.38. The molecule has 1 unspecified atom stereocenters. The standard InChI is InChI=1S/C25H34F6N2O4/c1-5-6-11-23(3,20(34)35)18-10-8-7-9-17(18)16-32(4)22(2)12-14-33(15-13-22)21(36)37-19(24(26,27)28)25(29,30)31/h7-10,19H,5-6,11-16H2,1-4H3,(H,34,35). The number of alkyl halides is 6. The zero-order valence-corrected chi connectivity index (χ0v) is 21.4. The van der Waals surface area contributed by atoms with Crippen molar-refractivity contribution in [3.05, 3.63) is 35.4 Å². The predicted molar refractivity (Wildman–Crippen MR) is 124 cm³/mol. The van der Waals surface area contributed by atoms with Gasteiger partial charge < -0.3 is 14.7 Å². The summed E-state index contributed by atoms with van der Waals surface area (Å²) < 4.78 is 80.4. The minimum absolute atomic E-state index is 0.0902. The Morgan fingerprint density at radius 1 is 1.11 bits per heavy atom. The number of carboxylic acid groups (broad SMARTS) is 1. The van der Waals surface area contributed by atoms with Gasteiger partial charge in [-0.1, -0.05) is 44.0 Å². The maximum absolute atomic E-state index is 12.8. The van der Waals surface area contributed by atoms with Gasteiger partial charge in [0.2, 0.25) is 0 Å². The van der Waals surface area contributed by atoms with E-state index in [0.717, 1.165) is 23.3 Å². The smallest absolute Gasteiger partial charge is 0.434 e. The molecule has 1 heterocycles. The number of benzene rings is 1. The summed E-state index contributed by atoms with van der Waals surface area (Å²) in [6.45, 7) is 5.76. The molecule has 0 aromatic heterocycles. The predicted octanol–water partition coefficient (Wildman–Crippen LogP) is 6.14. The lowest BCUT2D eigenvalue weighted by atomic mass is 9.76. The SMILES string of the molecule is CCCCC(C)(C(=O)O)c1ccccc1CN(C)C1(C)CCN(C(=O)OC(C(F)(F)F)C(F)(F)F)CC1. The molecule has 1 aromatic rings. The fraction of sp³-hybridized carbons (Fsp3) is 0.680. The van der Waals surface area contributed by atoms with Crippen LogP contribution < -0.4 is 0 Å². The van der Waals surface area contributed by atoms with Crippen molar-refractivity contribution in [3.8, 4) is 0 Å². The number of halogens is 6. The molecule has 0 aliphatic carbocycles. The molecule has 0 bridgehead atoms. The van der Waals surface area contributed by atoms with Crippen LogP contribution in [0.4, 0.5) is 31.1 Å². The first kappa shape index (κ1) is 30.7. The van der Waals surface area contributed by atoms with E-state index in [-0.39, 0.29) is 25.9 Å². The lowest BCUT2D eigenvalue weighted by molar-refractivity contribution is -0.308. The van der Waals surface area contributed by atoms with Gasteiger partial charge in [-0.25, -0.2) is 4.79 Å². The number of rotatable bonds is 9. The van der Waals surface area contributed by atoms with Crippen molar-refractivity contribution in [2.75, 3.05) is 20.1 Å². The monoisotopic (exact) mass is 540 g/mol. The minimum Gasteiger partial charge on any atom is -0.481 e. The van der Waals surface area contributed by atoms with Crippen LogP contribution in [0.25, 0.3) is 0 Å². The molecule has 12 heteroatoms. The summed E-state index contributed by atoms with van der Waals surface area (Å²) in [6.07, 6.45) is -14.8. The van der Waals surface area contributed by atoms with Crippen LogP contribution in [0.15, 0.2) is 24.3 Å². The van der Waals surface area contributed by atoms with Crippen molar-refractivity contribution in [2.45, 2.75) is 88.8 Å². The summed E-state index contributed by atoms with van der Waals surface area (Å²) in [5.74, 6) is -0.926. The third-order valence-corrected chi connectivity index (χ3v) is 7.36. The highest BCUT2D eigenvalue weighted by Gasteiger charge is 2.60. The molecule has 0 spiro atoms. The van der Waals surface area contributed by atoms with Gasteiger partial charge in [-0.15, -0.1) is 0 Å². The largest absolute Gasteiger partial charge is 0.481 e. The van der Waals surface area contributed by atoms with Gasteiger partial charge in [0, 0.05) is 25.2 Å². The molecule has 1 saturated heterocycles. The Balaban J connectivity index is 2.13. The van der Waals surface area contributed by atoms with Crippen LogP contribution in [-0.2, 0) is 21.5 Å². The number of amides is 1. The van der Waals surface area contributed by atoms with Crippen LogP contribution >= 0.6 is 0 Å². The molecule has 1 aliphatic heterocycles. The van der Waals surface area contributed by atoms with Gasteiger partial charge in [-0.3, -0.25) is 9.69 Å². The van der Waals surface area contributed by atoms with Crippen molar-refractivity contribution in [3.63, 3.8) is 0 Å². The van der Waals surface area contributed by atoms with Crippen molar-refractivity contribution in [1.29, 1.82) is 0 Å². The number of ether oxygens (including phenoxy) is 1. The van der Waals surface area contributed by atoms with Gasteiger partial charge in [0.1, 0.15) is 0 Å². The number of carbonyl (C=O) groups excluding carboxylic acids is 1. The number of likely N-dealkylation sites (tertiary alicyclic amines) is 1. The second-order valence-electron chi connectivity index (χ2n) is 10.1. The first-order chi connectivity index (χ1) is 17.0. The molecule has 1 N–H and O–H groups in total. The van der Waals surface area contributed by atoms with Crippen molar-refractivity contribution in [1.82, 2.24) is 9.80 Å². The first-order valence-electron chi connectivity index (χ1n) is 12.1. The number of aliphatic carboxylic acids is 1. The number of carbonyl (C=O) groups is 2. The number of hydrogen-bond acceptors (Lipinski definition) is 4. The van der Waals surface area contributed by atoms with E-state index in [2.05, 4.69) is 4.74 Å². The van der Waals surface area contributed by atoms with E-state index >= 15 is 0 Å². The minimum atomic E-state index is -5.77. The number of nitrogens with zero attached hydrogens (tertiary/aromatic N) is 2. The van der Waals surface area contributed by atoms with E-state index in [1.54, 1.807) is 19.1 Å². The van der Waals surface area contributed by atoms with Crippen LogP contribution in [0.3, 0.4) is 0 Å². The maximum atomic E-state index is 12.8. The second-order valence-corrected chi connectivity index (χ2v) is 10.1. The molecular formula is C25H34F6N2O4. The van der Waals surface area contributed by atoms with Crippen molar-refractivity contribution in [2.24, 2.45) is 0 Å². The highest BCUT2D eigenvalue weighted by atomic mass is 19.4. The molecule has 2 rings (SSSR count). The Morgan fingerprint density at radius 2 is 1.65 bits per heavy atom. The Hall–Kier alpha value is -2.50. The van der Waals surface area contributed by atoms with Gasteiger partial charge in [0.05, 0.1) is 5.41 Å². The number of piperidine rings is 1. The molecule has 6 nitrogen and oxygen atoms in total. The molecule has 0 radical (unpaired) electrons. The zero-order chi connectivity index (χ0) is 28.2. The number of hydrogen-bond donors (Lipinski definition) is 1. The Bertz CT molecular complexity index is 930. The van der Waals surface area contributed by atoms with E-state index in [9.17, 15) is 41.0 Å². The summed E-state index contributed by atoms with van der Waals surface area (Å²) in [5.41, 5.74) is -0.125. The average Bonchev–Trinajstić information content (AvgIpc) is 2.80. The molecule has 1 fully saturated rings. The van der Waals surface area contributed by atoms with Gasteiger partial charge in [-0.05, 0) is 51.3 Å². The van der Waals surface area contributed by atoms with Gasteiger partial charge >= 0.3 is 24.4 Å². The van der Waals surface area contributed by atoms with E-state index in [0.29, 0.717) is 18.5 Å². The molecule has 0 saturated carbocycles. The summed E-state index contributed by atoms with van der Waals surface area (Å²) in [5, 5.41) is 10.0. The fourth-order valence-corrected chi connectivity index (χ4v) is 4.58. The normalized spacial score (nSPS) is 18.1. The quantitative estimate of drug-likeness (QED) is 0.382. The second kappa shape index (κ2) is 11.5. The van der Waals surface area contributed by atoms with Gasteiger partial charge in [-0.2, -0.15) is 26.3 Å². The van der Waals surface area contributed by atoms with E-state index in [1.807, 2.05) is 37.9 Å². The highest BCUT2D eigenvalue weighted by molar-refractivity contribution is 5.81. The summed E-state index contributed by atoms with van der Waals surface area (Å²) in [7, 11) is 1.82. The molecule has 1 aromatic carbocycles. The molecule has 37 heavy (non-hydrogen) atoms. The molecular weight excluding hydrogens is 506 g/mol. The summed E-state index contributed by atoms with van der Waals surface area (Å²) in [4.78, 5) is 27.2. The number of carboxylic acids is 1. The average molecular weight is 541 g/mol. The van der Waals surface area contributed by atoms with Crippen LogP contribution in [0.1, 0.15) is 64.0 Å². The van der Waals surface area contributed by atoms with Crippen LogP contribution in [0, 0.1) is 0 Å². The molecule has 1 amide bonds. The van der Waals surface area contributed by atoms with Crippen molar-refractivity contribution < 1.29 is 45.8 Å². The maximum Gasteiger partial charge on any atom is 0.434 e. The Kier molecular flexibility index (Phi) is 9.54. The topological polar surface area (TPSA) is 70.1 Å². The van der Waals surface area contributed by atoms with Crippen LogP contribution in [-0.4, -0.2) is 71.1 Å². The lowest BCUT2D eigenvalue weighted by Gasteiger charge is -2.45. The number of unbranched alkanes of at least 4 members (excludes halogenated alkanes) is 1. The first-order valence-corrected chi connectivity index (χ1v) is 12.1. The molecule has 210 valence electrons. The third kappa shape index (κ3) is 7.30. The van der Waals surface area contributed by atoms with Gasteiger partial charge in [0.25, 0.3) is 6.10 Å². The van der Waals surface area contributed by atoms with Crippen LogP contribution in [0.2, 0.25) is 0 Å². The summed E-state index contributed by atoms with van der Waals surface area (Å²) in [6, 6.07) is 7.25. The zero-order valence-electron chi connectivity index (χ0n) is 21.4. The van der Waals surface area contributed by atoms with E-state index < -0.39 is 41.5 Å². The van der Waals surface area contributed by atoms with E-state index in [4.69, 9.17) is 0 Å². The van der Waals surface area contributed by atoms with Gasteiger partial charge in [0.15, 0.2) is 0 Å². The molecule has 1 atom stereocenters. The lowest BCUT2D eigenvalue weighted by Crippen LogP contribution is -2.54. The third-order valence-electron chi connectivity index (χ3n) is 7.36. The van der Waals surface area contributed by atoms with Crippen LogP contribution in [0.5, 0.6) is 0 Å². The molecule has 1 aliphatic rings. The Labute approximate surface area is 212 Å². The van der Waals surface area contributed by atoms with Crippen molar-refractivity contribution >= 4 is 12.1 Å². The summed E-state index contributed by atoms with van der Waals surface area (Å²) >= 11 is 0. The van der Waals surface area contributed by atoms with E-state index in [1.165, 1.54) is 0 Å². The fourth-order valence-electron chi connectivity index (χ4n) is 4.58.